The molecule has 32 heavy (non-hydrogen) atoms. The summed E-state index contributed by atoms with van der Waals surface area (Å²) in [4.78, 5) is 29.8. The van der Waals surface area contributed by atoms with Gasteiger partial charge in [-0.25, -0.2) is 0 Å². The molecule has 2 heterocycles. The average Bonchev–Trinajstić information content (AvgIpc) is 2.82. The van der Waals surface area contributed by atoms with E-state index in [0.29, 0.717) is 41.9 Å². The lowest BCUT2D eigenvalue weighted by Crippen LogP contribution is -2.47. The number of ether oxygens (including phenoxy) is 1. The third-order valence-electron chi connectivity index (χ3n) is 6.48. The minimum Gasteiger partial charge on any atom is -0.489 e. The number of piperidine rings is 2. The van der Waals surface area contributed by atoms with Gasteiger partial charge in [0.15, 0.2) is 0 Å². The molecule has 0 aromatic heterocycles. The summed E-state index contributed by atoms with van der Waals surface area (Å²) in [7, 11) is 0. The molecule has 2 amide bonds. The van der Waals surface area contributed by atoms with Gasteiger partial charge in [0.2, 0.25) is 5.91 Å². The van der Waals surface area contributed by atoms with Gasteiger partial charge < -0.3 is 14.5 Å². The first-order chi connectivity index (χ1) is 15.5. The fraction of sp³-hybridized carbons (Fsp3) is 0.462. The Labute approximate surface area is 195 Å². The van der Waals surface area contributed by atoms with Crippen LogP contribution in [-0.4, -0.2) is 47.8 Å². The van der Waals surface area contributed by atoms with Crippen LogP contribution in [0, 0.1) is 11.8 Å². The van der Waals surface area contributed by atoms with Crippen LogP contribution in [0.5, 0.6) is 5.75 Å². The average molecular weight is 455 g/mol. The lowest BCUT2D eigenvalue weighted by molar-refractivity contribution is -0.138. The van der Waals surface area contributed by atoms with E-state index in [4.69, 9.17) is 16.3 Å². The second-order valence-corrected chi connectivity index (χ2v) is 9.48. The fourth-order valence-electron chi connectivity index (χ4n) is 4.67. The molecule has 6 heteroatoms. The van der Waals surface area contributed by atoms with E-state index in [1.807, 2.05) is 52.3 Å². The number of hydrogen-bond donors (Lipinski definition) is 0. The Kier molecular flexibility index (Phi) is 7.36. The van der Waals surface area contributed by atoms with Crippen LogP contribution in [0.25, 0.3) is 0 Å². The Morgan fingerprint density at radius 2 is 1.78 bits per heavy atom. The summed E-state index contributed by atoms with van der Waals surface area (Å²) in [5.41, 5.74) is 1.59. The monoisotopic (exact) mass is 454 g/mol. The fourth-order valence-corrected chi connectivity index (χ4v) is 4.89. The molecule has 2 aliphatic heterocycles. The lowest BCUT2D eigenvalue weighted by Gasteiger charge is -2.37. The molecule has 2 aliphatic rings. The zero-order chi connectivity index (χ0) is 22.5. The van der Waals surface area contributed by atoms with Crippen LogP contribution in [0.2, 0.25) is 5.02 Å². The van der Waals surface area contributed by atoms with E-state index in [1.54, 1.807) is 6.07 Å². The zero-order valence-electron chi connectivity index (χ0n) is 18.6. The molecule has 0 radical (unpaired) electrons. The first-order valence-corrected chi connectivity index (χ1v) is 11.9. The van der Waals surface area contributed by atoms with E-state index in [1.165, 1.54) is 6.42 Å². The summed E-state index contributed by atoms with van der Waals surface area (Å²) in [5, 5.41) is 0.673. The molecular formula is C26H31ClN2O3. The van der Waals surface area contributed by atoms with E-state index >= 15 is 0 Å². The number of hydrogen-bond acceptors (Lipinski definition) is 3. The largest absolute Gasteiger partial charge is 0.489 e. The van der Waals surface area contributed by atoms with Crippen molar-refractivity contribution in [3.05, 3.63) is 64.7 Å². The van der Waals surface area contributed by atoms with Gasteiger partial charge in [-0.2, -0.15) is 0 Å². The van der Waals surface area contributed by atoms with Crippen LogP contribution >= 0.6 is 11.6 Å². The molecule has 0 spiro atoms. The molecule has 4 rings (SSSR count). The molecule has 170 valence electrons. The predicted octanol–water partition coefficient (Wildman–Crippen LogP) is 5.03. The molecule has 0 saturated carbocycles. The number of carbonyl (C=O) groups is 2. The molecule has 2 aromatic carbocycles. The van der Waals surface area contributed by atoms with E-state index < -0.39 is 0 Å². The van der Waals surface area contributed by atoms with Crippen molar-refractivity contribution in [3.8, 4) is 5.75 Å². The smallest absolute Gasteiger partial charge is 0.253 e. The van der Waals surface area contributed by atoms with Crippen LogP contribution < -0.4 is 4.74 Å². The van der Waals surface area contributed by atoms with Gasteiger partial charge in [-0.1, -0.05) is 36.7 Å². The van der Waals surface area contributed by atoms with Crippen molar-refractivity contribution in [2.75, 3.05) is 26.2 Å². The summed E-state index contributed by atoms with van der Waals surface area (Å²) in [5.74, 6) is 1.55. The molecule has 2 aromatic rings. The number of nitrogens with zero attached hydrogens (tertiary/aromatic N) is 2. The van der Waals surface area contributed by atoms with Crippen molar-refractivity contribution >= 4 is 23.4 Å². The normalized spacial score (nSPS) is 19.6. The molecular weight excluding hydrogens is 424 g/mol. The van der Waals surface area contributed by atoms with Gasteiger partial charge in [0, 0.05) is 42.7 Å². The van der Waals surface area contributed by atoms with E-state index in [0.717, 1.165) is 37.9 Å². The van der Waals surface area contributed by atoms with Crippen molar-refractivity contribution < 1.29 is 14.3 Å². The van der Waals surface area contributed by atoms with Gasteiger partial charge in [-0.3, -0.25) is 9.59 Å². The van der Waals surface area contributed by atoms with E-state index in [2.05, 4.69) is 6.92 Å². The highest BCUT2D eigenvalue weighted by Crippen LogP contribution is 2.25. The third kappa shape index (κ3) is 5.63. The van der Waals surface area contributed by atoms with Crippen LogP contribution in [0.3, 0.4) is 0 Å². The molecule has 0 N–H and O–H groups in total. The van der Waals surface area contributed by atoms with E-state index in [-0.39, 0.29) is 17.7 Å². The molecule has 1 atom stereocenters. The number of likely N-dealkylation sites (tertiary alicyclic amines) is 2. The minimum atomic E-state index is -0.00398. The first-order valence-electron chi connectivity index (χ1n) is 11.5. The number of amides is 2. The summed E-state index contributed by atoms with van der Waals surface area (Å²) in [6.45, 7) is 5.59. The number of halogens is 1. The van der Waals surface area contributed by atoms with Gasteiger partial charge in [-0.15, -0.1) is 0 Å². The Hall–Kier alpha value is -2.53. The SMILES string of the molecule is CC1CCCN(C(=O)C2CCN(C(=O)c3cccc(OCc4cccc(Cl)c4)c3)CC2)C1. The highest BCUT2D eigenvalue weighted by Gasteiger charge is 2.32. The molecule has 0 aliphatic carbocycles. The summed E-state index contributed by atoms with van der Waals surface area (Å²) >= 11 is 6.03. The maximum Gasteiger partial charge on any atom is 0.253 e. The Balaban J connectivity index is 1.31. The van der Waals surface area contributed by atoms with E-state index in [9.17, 15) is 9.59 Å². The van der Waals surface area contributed by atoms with Crippen molar-refractivity contribution in [3.63, 3.8) is 0 Å². The number of rotatable bonds is 5. The third-order valence-corrected chi connectivity index (χ3v) is 6.71. The van der Waals surface area contributed by atoms with Gasteiger partial charge in [0.05, 0.1) is 0 Å². The van der Waals surface area contributed by atoms with Crippen LogP contribution in [0.4, 0.5) is 0 Å². The maximum absolute atomic E-state index is 13.0. The molecule has 1 unspecified atom stereocenters. The van der Waals surface area contributed by atoms with Crippen molar-refractivity contribution in [1.29, 1.82) is 0 Å². The van der Waals surface area contributed by atoms with Crippen LogP contribution in [-0.2, 0) is 11.4 Å². The molecule has 2 fully saturated rings. The van der Waals surface area contributed by atoms with Gasteiger partial charge in [-0.05, 0) is 67.5 Å². The topological polar surface area (TPSA) is 49.9 Å². The Morgan fingerprint density at radius 3 is 2.53 bits per heavy atom. The highest BCUT2D eigenvalue weighted by molar-refractivity contribution is 6.30. The van der Waals surface area contributed by atoms with Crippen molar-refractivity contribution in [1.82, 2.24) is 9.80 Å². The maximum atomic E-state index is 13.0. The predicted molar refractivity (Wildman–Crippen MR) is 126 cm³/mol. The molecule has 0 bridgehead atoms. The zero-order valence-corrected chi connectivity index (χ0v) is 19.4. The minimum absolute atomic E-state index is 0.00398. The molecule has 5 nitrogen and oxygen atoms in total. The highest BCUT2D eigenvalue weighted by atomic mass is 35.5. The first kappa shape index (κ1) is 22.7. The van der Waals surface area contributed by atoms with Crippen LogP contribution in [0.1, 0.15) is 48.5 Å². The summed E-state index contributed by atoms with van der Waals surface area (Å²) in [6.07, 6.45) is 3.78. The molecule has 2 saturated heterocycles. The summed E-state index contributed by atoms with van der Waals surface area (Å²) < 4.78 is 5.87. The van der Waals surface area contributed by atoms with Gasteiger partial charge in [0.1, 0.15) is 12.4 Å². The van der Waals surface area contributed by atoms with Gasteiger partial charge >= 0.3 is 0 Å². The Morgan fingerprint density at radius 1 is 1.00 bits per heavy atom. The van der Waals surface area contributed by atoms with Crippen molar-refractivity contribution in [2.24, 2.45) is 11.8 Å². The lowest BCUT2D eigenvalue weighted by atomic mass is 9.92. The van der Waals surface area contributed by atoms with Crippen LogP contribution in [0.15, 0.2) is 48.5 Å². The van der Waals surface area contributed by atoms with Crippen molar-refractivity contribution in [2.45, 2.75) is 39.2 Å². The quantitative estimate of drug-likeness (QED) is 0.636. The second-order valence-electron chi connectivity index (χ2n) is 9.04. The summed E-state index contributed by atoms with van der Waals surface area (Å²) in [6, 6.07) is 14.8. The second kappa shape index (κ2) is 10.4. The number of carbonyl (C=O) groups excluding carboxylic acids is 2. The Bertz CT molecular complexity index is 956. The van der Waals surface area contributed by atoms with Gasteiger partial charge in [0.25, 0.3) is 5.91 Å². The standard InChI is InChI=1S/C26H31ClN2O3/c1-19-5-4-12-29(17-19)25(30)21-10-13-28(14-11-21)26(31)22-7-3-9-24(16-22)32-18-20-6-2-8-23(27)15-20/h2-3,6-9,15-16,19,21H,4-5,10-14,17-18H2,1H3. The number of benzene rings is 2.